The molecule has 0 aromatic heterocycles. The van der Waals surface area contributed by atoms with E-state index < -0.39 is 0 Å². The second-order valence-corrected chi connectivity index (χ2v) is 8.85. The maximum absolute atomic E-state index is 12.2. The summed E-state index contributed by atoms with van der Waals surface area (Å²) < 4.78 is 11.7. The number of carbonyl (C=O) groups excluding carboxylic acids is 1. The van der Waals surface area contributed by atoms with E-state index in [1.54, 1.807) is 18.1 Å². The lowest BCUT2D eigenvalue weighted by Crippen LogP contribution is -2.44. The minimum atomic E-state index is 0.0807. The Morgan fingerprint density at radius 1 is 1.12 bits per heavy atom. The lowest BCUT2D eigenvalue weighted by atomic mass is 9.56. The van der Waals surface area contributed by atoms with Gasteiger partial charge in [-0.3, -0.25) is 4.79 Å². The molecule has 0 amide bonds. The molecule has 3 nitrogen and oxygen atoms in total. The number of hydrogen-bond donors (Lipinski definition) is 0. The maximum Gasteiger partial charge on any atom is 0.133 e. The first-order valence-corrected chi connectivity index (χ1v) is 9.99. The van der Waals surface area contributed by atoms with Crippen LogP contribution in [0.2, 0.25) is 0 Å². The molecule has 4 aliphatic rings. The standard InChI is InChI=1S/C22H32O3/c1-13(23)17-8-9-18-15-7-5-14-6-10-19(24-3)21(25-4)20(14)16(15)11-12-22(17,18)2/h11,15,17-19,21H,5-10,12H2,1-4H3/t15-,17-,18+,19?,21?,22-/m1/s1. The van der Waals surface area contributed by atoms with Crippen molar-refractivity contribution in [1.82, 2.24) is 0 Å². The smallest absolute Gasteiger partial charge is 0.133 e. The van der Waals surface area contributed by atoms with Gasteiger partial charge in [-0.25, -0.2) is 0 Å². The Labute approximate surface area is 151 Å². The van der Waals surface area contributed by atoms with Crippen molar-refractivity contribution in [2.45, 2.75) is 71.0 Å². The van der Waals surface area contributed by atoms with E-state index in [9.17, 15) is 4.79 Å². The maximum atomic E-state index is 12.2. The van der Waals surface area contributed by atoms with Crippen LogP contribution in [0.3, 0.4) is 0 Å². The molecule has 1 saturated carbocycles. The van der Waals surface area contributed by atoms with Crippen LogP contribution >= 0.6 is 0 Å². The van der Waals surface area contributed by atoms with Gasteiger partial charge in [0.15, 0.2) is 0 Å². The van der Waals surface area contributed by atoms with Crippen molar-refractivity contribution in [1.29, 1.82) is 0 Å². The number of Topliss-reactive ketones (excluding diaryl/α,β-unsaturated/α-hetero) is 1. The SMILES string of the molecule is COC1CCC2=C(C3=CC[C@]4(C)[C@@H](C(C)=O)CC[C@H]4[C@@H]3CC2)C1OC. The van der Waals surface area contributed by atoms with Gasteiger partial charge in [0.2, 0.25) is 0 Å². The highest BCUT2D eigenvalue weighted by Gasteiger charge is 2.54. The summed E-state index contributed by atoms with van der Waals surface area (Å²) in [5, 5.41) is 0. The number of ketones is 1. The van der Waals surface area contributed by atoms with Crippen LogP contribution in [0.15, 0.2) is 22.8 Å². The molecule has 25 heavy (non-hydrogen) atoms. The van der Waals surface area contributed by atoms with Crippen molar-refractivity contribution in [3.63, 3.8) is 0 Å². The molecule has 0 heterocycles. The van der Waals surface area contributed by atoms with Crippen LogP contribution in [-0.2, 0) is 14.3 Å². The van der Waals surface area contributed by atoms with Gasteiger partial charge in [0, 0.05) is 20.1 Å². The third kappa shape index (κ3) is 2.49. The highest BCUT2D eigenvalue weighted by molar-refractivity contribution is 5.79. The van der Waals surface area contributed by atoms with Crippen LogP contribution in [0.1, 0.15) is 58.8 Å². The van der Waals surface area contributed by atoms with Crippen molar-refractivity contribution in [2.75, 3.05) is 14.2 Å². The van der Waals surface area contributed by atoms with E-state index in [4.69, 9.17) is 9.47 Å². The number of methoxy groups -OCH3 is 2. The molecule has 0 aromatic rings. The van der Waals surface area contributed by atoms with Gasteiger partial charge in [-0.1, -0.05) is 18.6 Å². The normalized spacial score (nSPS) is 43.2. The molecular weight excluding hydrogens is 312 g/mol. The summed E-state index contributed by atoms with van der Waals surface area (Å²) in [6, 6.07) is 0. The van der Waals surface area contributed by atoms with E-state index in [0.29, 0.717) is 17.6 Å². The highest BCUT2D eigenvalue weighted by atomic mass is 16.5. The van der Waals surface area contributed by atoms with E-state index in [1.165, 1.54) is 24.8 Å². The molecule has 0 aromatic carbocycles. The second kappa shape index (κ2) is 6.35. The fourth-order valence-corrected chi connectivity index (χ4v) is 6.71. The highest BCUT2D eigenvalue weighted by Crippen LogP contribution is 2.61. The van der Waals surface area contributed by atoms with Crippen LogP contribution in [-0.4, -0.2) is 32.2 Å². The zero-order valence-corrected chi connectivity index (χ0v) is 16.1. The van der Waals surface area contributed by atoms with Crippen LogP contribution < -0.4 is 0 Å². The summed E-state index contributed by atoms with van der Waals surface area (Å²) in [5.74, 6) is 1.90. The predicted molar refractivity (Wildman–Crippen MR) is 98.3 cm³/mol. The van der Waals surface area contributed by atoms with Gasteiger partial charge in [0.25, 0.3) is 0 Å². The van der Waals surface area contributed by atoms with Gasteiger partial charge < -0.3 is 9.47 Å². The number of ether oxygens (including phenoxy) is 2. The topological polar surface area (TPSA) is 35.5 Å². The monoisotopic (exact) mass is 344 g/mol. The first kappa shape index (κ1) is 17.5. The molecule has 0 spiro atoms. The number of fused-ring (bicyclic) bond motifs is 4. The van der Waals surface area contributed by atoms with Gasteiger partial charge in [0.05, 0.1) is 6.10 Å². The molecule has 1 fully saturated rings. The fourth-order valence-electron chi connectivity index (χ4n) is 6.71. The van der Waals surface area contributed by atoms with Crippen molar-refractivity contribution in [2.24, 2.45) is 23.2 Å². The fraction of sp³-hybridized carbons (Fsp3) is 0.773. The van der Waals surface area contributed by atoms with E-state index in [0.717, 1.165) is 25.7 Å². The van der Waals surface area contributed by atoms with Gasteiger partial charge in [-0.15, -0.1) is 0 Å². The molecule has 4 rings (SSSR count). The van der Waals surface area contributed by atoms with Crippen LogP contribution in [0.4, 0.5) is 0 Å². The Kier molecular flexibility index (Phi) is 4.44. The lowest BCUT2D eigenvalue weighted by molar-refractivity contribution is -0.124. The number of allylic oxidation sites excluding steroid dienone is 2. The molecule has 0 radical (unpaired) electrons. The Hall–Kier alpha value is -0.930. The van der Waals surface area contributed by atoms with Crippen molar-refractivity contribution in [3.8, 4) is 0 Å². The minimum Gasteiger partial charge on any atom is -0.378 e. The summed E-state index contributed by atoms with van der Waals surface area (Å²) in [7, 11) is 3.63. The molecular formula is C22H32O3. The predicted octanol–water partition coefficient (Wildman–Crippen LogP) is 4.47. The van der Waals surface area contributed by atoms with Gasteiger partial charge in [0.1, 0.15) is 11.9 Å². The average molecular weight is 344 g/mol. The third-order valence-electron chi connectivity index (χ3n) is 7.91. The van der Waals surface area contributed by atoms with Gasteiger partial charge in [-0.05, 0) is 80.3 Å². The first-order chi connectivity index (χ1) is 12.0. The Morgan fingerprint density at radius 2 is 1.88 bits per heavy atom. The molecule has 6 atom stereocenters. The van der Waals surface area contributed by atoms with Crippen molar-refractivity contribution >= 4 is 5.78 Å². The zero-order valence-electron chi connectivity index (χ0n) is 16.1. The van der Waals surface area contributed by atoms with Crippen molar-refractivity contribution in [3.05, 3.63) is 22.8 Å². The van der Waals surface area contributed by atoms with Crippen molar-refractivity contribution < 1.29 is 14.3 Å². The molecule has 3 heteroatoms. The summed E-state index contributed by atoms with van der Waals surface area (Å²) >= 11 is 0. The summed E-state index contributed by atoms with van der Waals surface area (Å²) in [5.41, 5.74) is 4.77. The van der Waals surface area contributed by atoms with E-state index >= 15 is 0 Å². The number of carbonyl (C=O) groups is 1. The minimum absolute atomic E-state index is 0.0807. The number of rotatable bonds is 3. The molecule has 138 valence electrons. The zero-order chi connectivity index (χ0) is 17.8. The summed E-state index contributed by atoms with van der Waals surface area (Å²) in [4.78, 5) is 12.2. The molecule has 2 unspecified atom stereocenters. The van der Waals surface area contributed by atoms with E-state index in [-0.39, 0.29) is 23.5 Å². The van der Waals surface area contributed by atoms with Gasteiger partial charge >= 0.3 is 0 Å². The molecule has 0 N–H and O–H groups in total. The van der Waals surface area contributed by atoms with E-state index in [1.807, 2.05) is 14.2 Å². The molecule has 0 bridgehead atoms. The van der Waals surface area contributed by atoms with E-state index in [2.05, 4.69) is 13.0 Å². The Balaban J connectivity index is 1.72. The Morgan fingerprint density at radius 3 is 2.56 bits per heavy atom. The first-order valence-electron chi connectivity index (χ1n) is 9.99. The van der Waals surface area contributed by atoms with Crippen LogP contribution in [0.25, 0.3) is 0 Å². The van der Waals surface area contributed by atoms with Crippen LogP contribution in [0, 0.1) is 23.2 Å². The summed E-state index contributed by atoms with van der Waals surface area (Å²) in [6.45, 7) is 4.17. The average Bonchev–Trinajstić information content (AvgIpc) is 2.97. The third-order valence-corrected chi connectivity index (χ3v) is 7.91. The van der Waals surface area contributed by atoms with Crippen LogP contribution in [0.5, 0.6) is 0 Å². The quantitative estimate of drug-likeness (QED) is 0.758. The number of hydrogen-bond acceptors (Lipinski definition) is 3. The molecule has 0 aliphatic heterocycles. The van der Waals surface area contributed by atoms with Gasteiger partial charge in [-0.2, -0.15) is 0 Å². The Bertz CT molecular complexity index is 631. The largest absolute Gasteiger partial charge is 0.378 e. The molecule has 0 saturated heterocycles. The second-order valence-electron chi connectivity index (χ2n) is 8.85. The summed E-state index contributed by atoms with van der Waals surface area (Å²) in [6.07, 6.45) is 10.7. The molecule has 4 aliphatic carbocycles. The lowest BCUT2D eigenvalue weighted by Gasteiger charge is -2.49.